The van der Waals surface area contributed by atoms with Gasteiger partial charge in [0.25, 0.3) is 5.56 Å². The van der Waals surface area contributed by atoms with Gasteiger partial charge in [0.2, 0.25) is 0 Å². The van der Waals surface area contributed by atoms with Gasteiger partial charge in [0, 0.05) is 12.4 Å². The van der Waals surface area contributed by atoms with Crippen molar-refractivity contribution in [2.45, 2.75) is 20.0 Å². The Bertz CT molecular complexity index is 623. The molecule has 0 saturated heterocycles. The van der Waals surface area contributed by atoms with E-state index in [0.29, 0.717) is 9.26 Å². The fourth-order valence-corrected chi connectivity index (χ4v) is 1.90. The minimum Gasteiger partial charge on any atom is -0.291 e. The molecule has 0 aliphatic carbocycles. The molecule has 0 aromatic carbocycles. The maximum Gasteiger partial charge on any atom is 0.319 e. The molecule has 0 aliphatic rings. The highest BCUT2D eigenvalue weighted by molar-refractivity contribution is 14.1. The molecule has 96 valence electrons. The Labute approximate surface area is 115 Å². The maximum absolute atomic E-state index is 12.6. The van der Waals surface area contributed by atoms with Crippen LogP contribution in [0.1, 0.15) is 18.1 Å². The second-order valence-electron chi connectivity index (χ2n) is 3.61. The standard InChI is InChI=1S/C10H9F2IN4O/c1-6-8(13)9(18)16(5-15-6)4-7-14-2-3-17(7)10(11)12/h2-3,5,10H,4H2,1H3. The van der Waals surface area contributed by atoms with Gasteiger partial charge >= 0.3 is 6.55 Å². The SMILES string of the molecule is Cc1ncn(Cc2nccn2C(F)F)c(=O)c1I. The molecule has 0 amide bonds. The van der Waals surface area contributed by atoms with E-state index in [-0.39, 0.29) is 17.9 Å². The van der Waals surface area contributed by atoms with E-state index in [1.807, 2.05) is 22.6 Å². The van der Waals surface area contributed by atoms with E-state index in [2.05, 4.69) is 9.97 Å². The summed E-state index contributed by atoms with van der Waals surface area (Å²) >= 11 is 1.89. The molecule has 18 heavy (non-hydrogen) atoms. The first-order valence-corrected chi connectivity index (χ1v) is 6.10. The van der Waals surface area contributed by atoms with E-state index in [9.17, 15) is 13.6 Å². The topological polar surface area (TPSA) is 52.7 Å². The molecule has 0 spiro atoms. The first-order valence-electron chi connectivity index (χ1n) is 5.02. The van der Waals surface area contributed by atoms with Crippen molar-refractivity contribution in [3.63, 3.8) is 0 Å². The van der Waals surface area contributed by atoms with Crippen molar-refractivity contribution in [1.29, 1.82) is 0 Å². The number of hydrogen-bond acceptors (Lipinski definition) is 3. The predicted octanol–water partition coefficient (Wildman–Crippen LogP) is 1.80. The van der Waals surface area contributed by atoms with Crippen molar-refractivity contribution in [1.82, 2.24) is 19.1 Å². The normalized spacial score (nSPS) is 11.2. The molecule has 2 heterocycles. The second-order valence-corrected chi connectivity index (χ2v) is 4.68. The summed E-state index contributed by atoms with van der Waals surface area (Å²) in [4.78, 5) is 19.7. The third-order valence-electron chi connectivity index (χ3n) is 2.43. The minimum atomic E-state index is -2.67. The molecule has 2 aromatic heterocycles. The Morgan fingerprint density at radius 2 is 2.17 bits per heavy atom. The Kier molecular flexibility index (Phi) is 3.73. The summed E-state index contributed by atoms with van der Waals surface area (Å²) in [5.74, 6) is 0.119. The number of hydrogen-bond donors (Lipinski definition) is 0. The minimum absolute atomic E-state index is 0.0283. The van der Waals surface area contributed by atoms with Gasteiger partial charge in [-0.3, -0.25) is 13.9 Å². The smallest absolute Gasteiger partial charge is 0.291 e. The lowest BCUT2D eigenvalue weighted by atomic mass is 10.4. The molecular formula is C10H9F2IN4O. The highest BCUT2D eigenvalue weighted by Gasteiger charge is 2.13. The van der Waals surface area contributed by atoms with E-state index < -0.39 is 6.55 Å². The first kappa shape index (κ1) is 13.1. The van der Waals surface area contributed by atoms with Gasteiger partial charge in [-0.15, -0.1) is 0 Å². The molecule has 0 N–H and O–H groups in total. The molecular weight excluding hydrogens is 357 g/mol. The fraction of sp³-hybridized carbons (Fsp3) is 0.300. The zero-order chi connectivity index (χ0) is 13.3. The number of rotatable bonds is 3. The van der Waals surface area contributed by atoms with Gasteiger partial charge < -0.3 is 0 Å². The molecule has 0 bridgehead atoms. The van der Waals surface area contributed by atoms with Gasteiger partial charge in [-0.1, -0.05) is 0 Å². The van der Waals surface area contributed by atoms with Gasteiger partial charge in [0.15, 0.2) is 0 Å². The second kappa shape index (κ2) is 5.12. The number of aryl methyl sites for hydroxylation is 1. The summed E-state index contributed by atoms with van der Waals surface area (Å²) in [5.41, 5.74) is 0.362. The average molecular weight is 366 g/mol. The Morgan fingerprint density at radius 3 is 2.83 bits per heavy atom. The number of halogens is 3. The molecule has 2 rings (SSSR count). The molecule has 0 aliphatic heterocycles. The van der Waals surface area contributed by atoms with Gasteiger partial charge in [0.1, 0.15) is 5.82 Å². The summed E-state index contributed by atoms with van der Waals surface area (Å²) in [6, 6.07) is 0. The van der Waals surface area contributed by atoms with Crippen LogP contribution in [-0.2, 0) is 6.54 Å². The average Bonchev–Trinajstić information content (AvgIpc) is 2.78. The van der Waals surface area contributed by atoms with E-state index in [0.717, 1.165) is 4.57 Å². The van der Waals surface area contributed by atoms with Crippen molar-refractivity contribution >= 4 is 22.6 Å². The van der Waals surface area contributed by atoms with Gasteiger partial charge in [0.05, 0.1) is 22.1 Å². The van der Waals surface area contributed by atoms with Gasteiger partial charge in [-0.2, -0.15) is 8.78 Å². The zero-order valence-electron chi connectivity index (χ0n) is 9.35. The quantitative estimate of drug-likeness (QED) is 0.779. The van der Waals surface area contributed by atoms with Crippen LogP contribution in [0.15, 0.2) is 23.5 Å². The van der Waals surface area contributed by atoms with E-state index >= 15 is 0 Å². The summed E-state index contributed by atoms with van der Waals surface area (Å²) in [7, 11) is 0. The van der Waals surface area contributed by atoms with Gasteiger partial charge in [-0.05, 0) is 29.5 Å². The van der Waals surface area contributed by atoms with Crippen LogP contribution >= 0.6 is 22.6 Å². The lowest BCUT2D eigenvalue weighted by molar-refractivity contribution is 0.0666. The highest BCUT2D eigenvalue weighted by atomic mass is 127. The van der Waals surface area contributed by atoms with E-state index in [1.54, 1.807) is 6.92 Å². The van der Waals surface area contributed by atoms with Crippen LogP contribution < -0.4 is 5.56 Å². The molecule has 0 saturated carbocycles. The Balaban J connectivity index is 2.38. The van der Waals surface area contributed by atoms with Crippen molar-refractivity contribution < 1.29 is 8.78 Å². The van der Waals surface area contributed by atoms with Crippen molar-refractivity contribution in [3.8, 4) is 0 Å². The number of aromatic nitrogens is 4. The summed E-state index contributed by atoms with van der Waals surface area (Å²) < 4.78 is 27.7. The Hall–Kier alpha value is -1.32. The van der Waals surface area contributed by atoms with Crippen LogP contribution in [0.5, 0.6) is 0 Å². The molecule has 0 radical (unpaired) electrons. The first-order chi connectivity index (χ1) is 8.50. The fourth-order valence-electron chi connectivity index (χ4n) is 1.46. The van der Waals surface area contributed by atoms with Gasteiger partial charge in [-0.25, -0.2) is 9.97 Å². The number of nitrogens with zero attached hydrogens (tertiary/aromatic N) is 4. The maximum atomic E-state index is 12.6. The van der Waals surface area contributed by atoms with Crippen LogP contribution in [0.3, 0.4) is 0 Å². The van der Waals surface area contributed by atoms with E-state index in [1.165, 1.54) is 23.3 Å². The zero-order valence-corrected chi connectivity index (χ0v) is 11.5. The predicted molar refractivity (Wildman–Crippen MR) is 68.5 cm³/mol. The molecule has 8 heteroatoms. The molecule has 2 aromatic rings. The molecule has 0 atom stereocenters. The third kappa shape index (κ3) is 2.42. The van der Waals surface area contributed by atoms with E-state index in [4.69, 9.17) is 0 Å². The summed E-state index contributed by atoms with van der Waals surface area (Å²) in [6.07, 6.45) is 3.79. The lowest BCUT2D eigenvalue weighted by Crippen LogP contribution is -2.26. The summed E-state index contributed by atoms with van der Waals surface area (Å²) in [5, 5.41) is 0. The third-order valence-corrected chi connectivity index (χ3v) is 3.67. The molecule has 0 unspecified atom stereocenters. The van der Waals surface area contributed by atoms with Crippen LogP contribution in [0, 0.1) is 10.5 Å². The van der Waals surface area contributed by atoms with Crippen LogP contribution in [-0.4, -0.2) is 19.1 Å². The highest BCUT2D eigenvalue weighted by Crippen LogP contribution is 2.13. The van der Waals surface area contributed by atoms with Crippen molar-refractivity contribution in [3.05, 3.63) is 44.2 Å². The number of imidazole rings is 1. The van der Waals surface area contributed by atoms with Crippen LogP contribution in [0.25, 0.3) is 0 Å². The van der Waals surface area contributed by atoms with Crippen LogP contribution in [0.4, 0.5) is 8.78 Å². The lowest BCUT2D eigenvalue weighted by Gasteiger charge is -2.09. The monoisotopic (exact) mass is 366 g/mol. The van der Waals surface area contributed by atoms with Crippen LogP contribution in [0.2, 0.25) is 0 Å². The van der Waals surface area contributed by atoms with Crippen molar-refractivity contribution in [2.24, 2.45) is 0 Å². The Morgan fingerprint density at radius 1 is 1.44 bits per heavy atom. The molecule has 5 nitrogen and oxygen atoms in total. The molecule has 0 fully saturated rings. The largest absolute Gasteiger partial charge is 0.319 e. The van der Waals surface area contributed by atoms with Crippen molar-refractivity contribution in [2.75, 3.05) is 0 Å². The number of alkyl halides is 2. The summed E-state index contributed by atoms with van der Waals surface area (Å²) in [6.45, 7) is -0.983.